The average molecular weight is 200 g/mol. The van der Waals surface area contributed by atoms with Gasteiger partial charge in [0, 0.05) is 6.20 Å². The number of rotatable bonds is 0. The maximum Gasteiger partial charge on any atom is 0.193 e. The second-order valence-corrected chi connectivity index (χ2v) is 2.67. The molecule has 60 valence electrons. The molecule has 0 aliphatic carbocycles. The van der Waals surface area contributed by atoms with Gasteiger partial charge in [-0.25, -0.2) is 4.98 Å². The first-order chi connectivity index (χ1) is 5.74. The SMILES string of the molecule is O=CC#Cc1cc(Cl)cnc1Cl. The molecule has 0 atom stereocenters. The van der Waals surface area contributed by atoms with Crippen molar-refractivity contribution in [1.29, 1.82) is 0 Å². The van der Waals surface area contributed by atoms with Gasteiger partial charge in [0.15, 0.2) is 6.29 Å². The maximum absolute atomic E-state index is 9.90. The molecule has 0 amide bonds. The molecule has 0 fully saturated rings. The molecule has 0 saturated carbocycles. The second-order valence-electron chi connectivity index (χ2n) is 1.88. The van der Waals surface area contributed by atoms with E-state index in [0.717, 1.165) is 0 Å². The summed E-state index contributed by atoms with van der Waals surface area (Å²) >= 11 is 11.3. The zero-order valence-corrected chi connectivity index (χ0v) is 7.36. The molecular formula is C8H3Cl2NO. The van der Waals surface area contributed by atoms with E-state index in [0.29, 0.717) is 16.9 Å². The van der Waals surface area contributed by atoms with Crippen molar-refractivity contribution in [2.75, 3.05) is 0 Å². The zero-order valence-electron chi connectivity index (χ0n) is 5.84. The van der Waals surface area contributed by atoms with Gasteiger partial charge in [-0.3, -0.25) is 4.79 Å². The fraction of sp³-hybridized carbons (Fsp3) is 0. The largest absolute Gasteiger partial charge is 0.289 e. The van der Waals surface area contributed by atoms with E-state index < -0.39 is 0 Å². The number of aldehydes is 1. The van der Waals surface area contributed by atoms with Gasteiger partial charge >= 0.3 is 0 Å². The van der Waals surface area contributed by atoms with Gasteiger partial charge in [-0.2, -0.15) is 0 Å². The Morgan fingerprint density at radius 1 is 1.50 bits per heavy atom. The Balaban J connectivity index is 3.13. The summed E-state index contributed by atoms with van der Waals surface area (Å²) < 4.78 is 0. The molecule has 1 rings (SSSR count). The van der Waals surface area contributed by atoms with Gasteiger partial charge in [0.25, 0.3) is 0 Å². The smallest absolute Gasteiger partial charge is 0.193 e. The molecule has 0 radical (unpaired) electrons. The Morgan fingerprint density at radius 3 is 2.92 bits per heavy atom. The van der Waals surface area contributed by atoms with Gasteiger partial charge < -0.3 is 0 Å². The number of aromatic nitrogens is 1. The van der Waals surface area contributed by atoms with Gasteiger partial charge in [0.2, 0.25) is 0 Å². The van der Waals surface area contributed by atoms with E-state index in [1.165, 1.54) is 6.20 Å². The predicted molar refractivity (Wildman–Crippen MR) is 47.2 cm³/mol. The molecule has 0 unspecified atom stereocenters. The third-order valence-corrected chi connectivity index (χ3v) is 1.58. The molecule has 0 saturated heterocycles. The van der Waals surface area contributed by atoms with Crippen molar-refractivity contribution in [3.8, 4) is 11.8 Å². The summed E-state index contributed by atoms with van der Waals surface area (Å²) in [6.07, 6.45) is 1.90. The summed E-state index contributed by atoms with van der Waals surface area (Å²) in [5.41, 5.74) is 0.455. The molecule has 1 aromatic heterocycles. The first kappa shape index (κ1) is 9.05. The van der Waals surface area contributed by atoms with Crippen LogP contribution in [0.3, 0.4) is 0 Å². The third kappa shape index (κ3) is 2.23. The summed E-state index contributed by atoms with van der Waals surface area (Å²) in [5.74, 6) is 4.73. The van der Waals surface area contributed by atoms with Crippen LogP contribution in [0.2, 0.25) is 10.2 Å². The van der Waals surface area contributed by atoms with Crippen LogP contribution in [0, 0.1) is 11.8 Å². The Kier molecular flexibility index (Phi) is 3.09. The standard InChI is InChI=1S/C8H3Cl2NO/c9-7-4-6(2-1-3-12)8(10)11-5-7/h3-5H. The van der Waals surface area contributed by atoms with Crippen LogP contribution in [0.4, 0.5) is 0 Å². The summed E-state index contributed by atoms with van der Waals surface area (Å²) in [4.78, 5) is 13.7. The highest BCUT2D eigenvalue weighted by atomic mass is 35.5. The highest BCUT2D eigenvalue weighted by molar-refractivity contribution is 6.32. The summed E-state index contributed by atoms with van der Waals surface area (Å²) in [5, 5.41) is 0.684. The van der Waals surface area contributed by atoms with E-state index in [4.69, 9.17) is 23.2 Å². The van der Waals surface area contributed by atoms with Crippen LogP contribution in [0.25, 0.3) is 0 Å². The fourth-order valence-electron chi connectivity index (χ4n) is 0.617. The van der Waals surface area contributed by atoms with Crippen molar-refractivity contribution in [1.82, 2.24) is 4.98 Å². The van der Waals surface area contributed by atoms with Gasteiger partial charge in [-0.15, -0.1) is 0 Å². The lowest BCUT2D eigenvalue weighted by molar-refractivity contribution is -0.103. The zero-order chi connectivity index (χ0) is 8.97. The quantitative estimate of drug-likeness (QED) is 0.364. The van der Waals surface area contributed by atoms with Crippen LogP contribution >= 0.6 is 23.2 Å². The second kappa shape index (κ2) is 4.10. The molecule has 0 aromatic carbocycles. The van der Waals surface area contributed by atoms with Crippen LogP contribution in [0.5, 0.6) is 0 Å². The normalized spacial score (nSPS) is 8.50. The first-order valence-corrected chi connectivity index (χ1v) is 3.76. The maximum atomic E-state index is 9.90. The van der Waals surface area contributed by atoms with Crippen molar-refractivity contribution in [2.45, 2.75) is 0 Å². The van der Waals surface area contributed by atoms with Gasteiger partial charge in [0.05, 0.1) is 10.6 Å². The molecule has 0 spiro atoms. The van der Waals surface area contributed by atoms with E-state index in [1.54, 1.807) is 6.07 Å². The van der Waals surface area contributed by atoms with Gasteiger partial charge in [-0.1, -0.05) is 29.1 Å². The van der Waals surface area contributed by atoms with Crippen molar-refractivity contribution < 1.29 is 4.79 Å². The van der Waals surface area contributed by atoms with E-state index in [1.807, 2.05) is 0 Å². The Bertz CT molecular complexity index is 365. The number of hydrogen-bond acceptors (Lipinski definition) is 2. The molecule has 0 N–H and O–H groups in total. The molecule has 1 aromatic rings. The van der Waals surface area contributed by atoms with E-state index in [9.17, 15) is 4.79 Å². The summed E-state index contributed by atoms with van der Waals surface area (Å²) in [6, 6.07) is 1.55. The summed E-state index contributed by atoms with van der Waals surface area (Å²) in [6.45, 7) is 0. The minimum Gasteiger partial charge on any atom is -0.289 e. The van der Waals surface area contributed by atoms with Crippen molar-refractivity contribution >= 4 is 29.5 Å². The molecule has 0 aliphatic rings. The highest BCUT2D eigenvalue weighted by Gasteiger charge is 1.98. The molecular weight excluding hydrogens is 197 g/mol. The minimum absolute atomic E-state index is 0.244. The Hall–Kier alpha value is -1.04. The van der Waals surface area contributed by atoms with Crippen LogP contribution in [0.1, 0.15) is 5.56 Å². The first-order valence-electron chi connectivity index (χ1n) is 3.00. The van der Waals surface area contributed by atoms with Crippen molar-refractivity contribution in [3.05, 3.63) is 28.0 Å². The van der Waals surface area contributed by atoms with Crippen LogP contribution in [0.15, 0.2) is 12.3 Å². The van der Waals surface area contributed by atoms with E-state index in [2.05, 4.69) is 16.8 Å². The molecule has 1 heterocycles. The summed E-state index contributed by atoms with van der Waals surface area (Å²) in [7, 11) is 0. The van der Waals surface area contributed by atoms with Gasteiger partial charge in [-0.05, 0) is 12.0 Å². The molecule has 2 nitrogen and oxygen atoms in total. The van der Waals surface area contributed by atoms with Crippen molar-refractivity contribution in [3.63, 3.8) is 0 Å². The number of halogens is 2. The van der Waals surface area contributed by atoms with Crippen molar-refractivity contribution in [2.24, 2.45) is 0 Å². The number of carbonyl (C=O) groups is 1. The molecule has 4 heteroatoms. The van der Waals surface area contributed by atoms with Crippen LogP contribution in [-0.4, -0.2) is 11.3 Å². The predicted octanol–water partition coefficient (Wildman–Crippen LogP) is 1.94. The average Bonchev–Trinajstić information content (AvgIpc) is 2.07. The van der Waals surface area contributed by atoms with Crippen LogP contribution < -0.4 is 0 Å². The van der Waals surface area contributed by atoms with Crippen LogP contribution in [-0.2, 0) is 4.79 Å². The van der Waals surface area contributed by atoms with Gasteiger partial charge in [0.1, 0.15) is 5.15 Å². The fourth-order valence-corrected chi connectivity index (χ4v) is 0.926. The lowest BCUT2D eigenvalue weighted by atomic mass is 10.3. The monoisotopic (exact) mass is 199 g/mol. The third-order valence-electron chi connectivity index (χ3n) is 1.07. The number of hydrogen-bond donors (Lipinski definition) is 0. The highest BCUT2D eigenvalue weighted by Crippen LogP contribution is 2.15. The lowest BCUT2D eigenvalue weighted by Crippen LogP contribution is -1.81. The number of pyridine rings is 1. The Morgan fingerprint density at radius 2 is 2.25 bits per heavy atom. The number of nitrogens with zero attached hydrogens (tertiary/aromatic N) is 1. The van der Waals surface area contributed by atoms with E-state index >= 15 is 0 Å². The minimum atomic E-state index is 0.244. The molecule has 12 heavy (non-hydrogen) atoms. The topological polar surface area (TPSA) is 30.0 Å². The van der Waals surface area contributed by atoms with E-state index in [-0.39, 0.29) is 5.15 Å². The lowest BCUT2D eigenvalue weighted by Gasteiger charge is -1.93. The Labute approximate surface area is 79.5 Å². The number of carbonyl (C=O) groups excluding carboxylic acids is 1. The molecule has 0 bridgehead atoms. The molecule has 0 aliphatic heterocycles.